The van der Waals surface area contributed by atoms with Crippen LogP contribution in [0.5, 0.6) is 0 Å². The van der Waals surface area contributed by atoms with Gasteiger partial charge < -0.3 is 19.7 Å². The van der Waals surface area contributed by atoms with Gasteiger partial charge in [-0.05, 0) is 45.2 Å². The van der Waals surface area contributed by atoms with Gasteiger partial charge in [0.25, 0.3) is 0 Å². The largest absolute Gasteiger partial charge is 0.444 e. The molecule has 0 spiro atoms. The Hall–Kier alpha value is -3.17. The van der Waals surface area contributed by atoms with Gasteiger partial charge in [0, 0.05) is 18.5 Å². The third kappa shape index (κ3) is 6.29. The minimum Gasteiger partial charge on any atom is -0.444 e. The van der Waals surface area contributed by atoms with E-state index in [4.69, 9.17) is 9.47 Å². The molecule has 1 fully saturated rings. The number of ketones is 1. The third-order valence-corrected chi connectivity index (χ3v) is 6.07. The van der Waals surface area contributed by atoms with Crippen molar-refractivity contribution in [3.63, 3.8) is 0 Å². The Labute approximate surface area is 204 Å². The second-order valence-corrected chi connectivity index (χ2v) is 10.5. The number of benzene rings is 1. The number of halogens is 1. The maximum absolute atomic E-state index is 14.0. The predicted molar refractivity (Wildman–Crippen MR) is 125 cm³/mol. The van der Waals surface area contributed by atoms with E-state index >= 15 is 0 Å². The fraction of sp³-hybridized carbons (Fsp3) is 0.600. The monoisotopic (exact) mass is 491 g/mol. The lowest BCUT2D eigenvalue weighted by atomic mass is 10.0. The molecule has 1 aromatic carbocycles. The number of fused-ring (bicyclic) bond motifs is 1. The van der Waals surface area contributed by atoms with E-state index in [2.05, 4.69) is 5.32 Å². The van der Waals surface area contributed by atoms with Crippen molar-refractivity contribution < 1.29 is 33.0 Å². The second-order valence-electron chi connectivity index (χ2n) is 10.5. The summed E-state index contributed by atoms with van der Waals surface area (Å²) in [4.78, 5) is 53.6. The molecule has 0 aliphatic carbocycles. The lowest BCUT2D eigenvalue weighted by molar-refractivity contribution is -0.139. The van der Waals surface area contributed by atoms with Gasteiger partial charge in [-0.1, -0.05) is 26.0 Å². The molecule has 35 heavy (non-hydrogen) atoms. The van der Waals surface area contributed by atoms with E-state index < -0.39 is 41.9 Å². The summed E-state index contributed by atoms with van der Waals surface area (Å²) in [6.45, 7) is 10.4. The molecule has 2 aliphatic rings. The molecule has 3 amide bonds. The van der Waals surface area contributed by atoms with Crippen LogP contribution in [0, 0.1) is 11.7 Å². The molecule has 192 valence electrons. The molecule has 2 aliphatic heterocycles. The van der Waals surface area contributed by atoms with Crippen LogP contribution in [0.4, 0.5) is 14.0 Å². The summed E-state index contributed by atoms with van der Waals surface area (Å²) in [5, 5.41) is 2.61. The Morgan fingerprint density at radius 1 is 1.14 bits per heavy atom. The van der Waals surface area contributed by atoms with Gasteiger partial charge in [0.15, 0.2) is 5.78 Å². The Morgan fingerprint density at radius 2 is 1.83 bits per heavy atom. The average Bonchev–Trinajstić information content (AvgIpc) is 3.35. The number of Topliss-reactive ketones (excluding diaryl/α,β-unsaturated/α-hetero) is 1. The zero-order chi connectivity index (χ0) is 26.1. The highest BCUT2D eigenvalue weighted by Gasteiger charge is 2.43. The van der Waals surface area contributed by atoms with Crippen molar-refractivity contribution in [2.45, 2.75) is 84.8 Å². The number of nitrogens with one attached hydrogen (secondary N) is 1. The average molecular weight is 492 g/mol. The van der Waals surface area contributed by atoms with Gasteiger partial charge in [0.05, 0.1) is 19.1 Å². The standard InChI is InChI=1S/C25H34FN3O6/c1-14(2)21(27-23(32)35-25(4,5)6)22(31)29-12-17(10-20(29)15(3)30)34-24(33)28-11-16-8-7-9-19(26)18(16)13-28/h7-9,14,17,20-21H,10-13H2,1-6H3,(H,27,32)/t17-,20+,21+/m1/s1. The highest BCUT2D eigenvalue weighted by molar-refractivity contribution is 5.92. The fourth-order valence-corrected chi connectivity index (χ4v) is 4.37. The van der Waals surface area contributed by atoms with E-state index in [9.17, 15) is 23.6 Å². The molecule has 0 bridgehead atoms. The van der Waals surface area contributed by atoms with Gasteiger partial charge in [0.2, 0.25) is 5.91 Å². The zero-order valence-electron chi connectivity index (χ0n) is 21.1. The Morgan fingerprint density at radius 3 is 2.40 bits per heavy atom. The molecule has 9 nitrogen and oxygen atoms in total. The van der Waals surface area contributed by atoms with Crippen LogP contribution in [0.25, 0.3) is 0 Å². The summed E-state index contributed by atoms with van der Waals surface area (Å²) in [7, 11) is 0. The van der Waals surface area contributed by atoms with Crippen molar-refractivity contribution in [1.82, 2.24) is 15.1 Å². The molecule has 0 radical (unpaired) electrons. The van der Waals surface area contributed by atoms with Crippen LogP contribution in [0.1, 0.15) is 59.1 Å². The number of alkyl carbamates (subject to hydrolysis) is 1. The lowest BCUT2D eigenvalue weighted by Crippen LogP contribution is -2.54. The number of nitrogens with zero attached hydrogens (tertiary/aromatic N) is 2. The minimum absolute atomic E-state index is 0.0171. The maximum atomic E-state index is 14.0. The Balaban J connectivity index is 1.67. The molecule has 0 saturated carbocycles. The summed E-state index contributed by atoms with van der Waals surface area (Å²) >= 11 is 0. The number of hydrogen-bond acceptors (Lipinski definition) is 6. The van der Waals surface area contributed by atoms with Crippen LogP contribution >= 0.6 is 0 Å². The Bertz CT molecular complexity index is 1010. The SMILES string of the molecule is CC(=O)[C@@H]1C[C@@H](OC(=O)N2Cc3cccc(F)c3C2)CN1C(=O)[C@@H](NC(=O)OC(C)(C)C)C(C)C. The first kappa shape index (κ1) is 26.4. The number of likely N-dealkylation sites (tertiary alicyclic amines) is 1. The van der Waals surface area contributed by atoms with Crippen LogP contribution in [-0.4, -0.2) is 64.0 Å². The summed E-state index contributed by atoms with van der Waals surface area (Å²) in [6.07, 6.45) is -1.91. The van der Waals surface area contributed by atoms with E-state index in [1.807, 2.05) is 0 Å². The first-order valence-corrected chi connectivity index (χ1v) is 11.8. The van der Waals surface area contributed by atoms with Crippen molar-refractivity contribution >= 4 is 23.9 Å². The second kappa shape index (κ2) is 10.2. The smallest absolute Gasteiger partial charge is 0.410 e. The van der Waals surface area contributed by atoms with Crippen molar-refractivity contribution in [2.75, 3.05) is 6.54 Å². The highest BCUT2D eigenvalue weighted by atomic mass is 19.1. The number of carbonyl (C=O) groups is 4. The number of ether oxygens (including phenoxy) is 2. The van der Waals surface area contributed by atoms with Crippen LogP contribution in [-0.2, 0) is 32.2 Å². The van der Waals surface area contributed by atoms with Crippen LogP contribution in [0.3, 0.4) is 0 Å². The van der Waals surface area contributed by atoms with Gasteiger partial charge in [-0.3, -0.25) is 14.5 Å². The molecule has 1 saturated heterocycles. The van der Waals surface area contributed by atoms with Gasteiger partial charge in [0.1, 0.15) is 23.6 Å². The summed E-state index contributed by atoms with van der Waals surface area (Å²) in [5.74, 6) is -1.33. The number of rotatable bonds is 5. The molecular weight excluding hydrogens is 457 g/mol. The molecule has 10 heteroatoms. The quantitative estimate of drug-likeness (QED) is 0.677. The molecule has 2 heterocycles. The molecule has 1 aromatic rings. The first-order valence-electron chi connectivity index (χ1n) is 11.8. The summed E-state index contributed by atoms with van der Waals surface area (Å²) < 4.78 is 24.9. The van der Waals surface area contributed by atoms with Gasteiger partial charge in [-0.15, -0.1) is 0 Å². The van der Waals surface area contributed by atoms with Crippen molar-refractivity contribution in [2.24, 2.45) is 5.92 Å². The van der Waals surface area contributed by atoms with Gasteiger partial charge in [-0.2, -0.15) is 0 Å². The fourth-order valence-electron chi connectivity index (χ4n) is 4.37. The van der Waals surface area contributed by atoms with Crippen molar-refractivity contribution in [3.05, 3.63) is 35.1 Å². The van der Waals surface area contributed by atoms with Crippen molar-refractivity contribution in [1.29, 1.82) is 0 Å². The van der Waals surface area contributed by atoms with Crippen LogP contribution in [0.2, 0.25) is 0 Å². The number of carbonyl (C=O) groups excluding carboxylic acids is 4. The Kier molecular flexibility index (Phi) is 7.71. The summed E-state index contributed by atoms with van der Waals surface area (Å²) in [6, 6.07) is 3.00. The van der Waals surface area contributed by atoms with Crippen molar-refractivity contribution in [3.8, 4) is 0 Å². The third-order valence-electron chi connectivity index (χ3n) is 6.07. The topological polar surface area (TPSA) is 105 Å². The predicted octanol–water partition coefficient (Wildman–Crippen LogP) is 3.39. The van der Waals surface area contributed by atoms with E-state index in [-0.39, 0.29) is 43.6 Å². The van der Waals surface area contributed by atoms with Crippen LogP contribution < -0.4 is 5.32 Å². The number of amides is 3. The van der Waals surface area contributed by atoms with Gasteiger partial charge >= 0.3 is 12.2 Å². The molecular formula is C25H34FN3O6. The maximum Gasteiger partial charge on any atom is 0.410 e. The molecule has 3 atom stereocenters. The number of hydrogen-bond donors (Lipinski definition) is 1. The molecule has 0 unspecified atom stereocenters. The summed E-state index contributed by atoms with van der Waals surface area (Å²) in [5.41, 5.74) is 0.448. The molecule has 1 N–H and O–H groups in total. The highest BCUT2D eigenvalue weighted by Crippen LogP contribution is 2.28. The lowest BCUT2D eigenvalue weighted by Gasteiger charge is -2.30. The van der Waals surface area contributed by atoms with E-state index in [1.165, 1.54) is 22.8 Å². The minimum atomic E-state index is -0.919. The normalized spacial score (nSPS) is 20.5. The zero-order valence-corrected chi connectivity index (χ0v) is 21.1. The molecule has 3 rings (SSSR count). The van der Waals surface area contributed by atoms with E-state index in [1.54, 1.807) is 46.8 Å². The van der Waals surface area contributed by atoms with Crippen LogP contribution in [0.15, 0.2) is 18.2 Å². The molecule has 0 aromatic heterocycles. The van der Waals surface area contributed by atoms with E-state index in [0.29, 0.717) is 5.56 Å². The first-order chi connectivity index (χ1) is 16.3. The van der Waals surface area contributed by atoms with Gasteiger partial charge in [-0.25, -0.2) is 14.0 Å². The van der Waals surface area contributed by atoms with E-state index in [0.717, 1.165) is 5.56 Å².